The second kappa shape index (κ2) is 9.94. The van der Waals surface area contributed by atoms with E-state index in [0.29, 0.717) is 0 Å². The van der Waals surface area contributed by atoms with Crippen LogP contribution in [-0.2, 0) is 0 Å². The highest BCUT2D eigenvalue weighted by atomic mass is 32.3. The van der Waals surface area contributed by atoms with Gasteiger partial charge in [0.1, 0.15) is 0 Å². The molecule has 1 atom stereocenters. The second-order valence-corrected chi connectivity index (χ2v) is 13.6. The molecule has 0 fully saturated rings. The van der Waals surface area contributed by atoms with Crippen molar-refractivity contribution >= 4 is 21.3 Å². The summed E-state index contributed by atoms with van der Waals surface area (Å²) in [5.74, 6) is 0. The minimum absolute atomic E-state index is 0.279. The number of anilines is 1. The average Bonchev–Trinajstić information content (AvgIpc) is 3.35. The van der Waals surface area contributed by atoms with E-state index >= 15 is 0 Å². The molecule has 1 unspecified atom stereocenters. The molecular weight excluding hydrogens is 490 g/mol. The van der Waals surface area contributed by atoms with Gasteiger partial charge in [-0.05, 0) is 80.3 Å². The summed E-state index contributed by atoms with van der Waals surface area (Å²) < 4.78 is 0. The molecule has 2 heteroatoms. The van der Waals surface area contributed by atoms with Crippen molar-refractivity contribution in [2.45, 2.75) is 46.9 Å². The third-order valence-electron chi connectivity index (χ3n) is 8.14. The number of rotatable bonds is 5. The van der Waals surface area contributed by atoms with Crippen LogP contribution >= 0.6 is 10.0 Å². The van der Waals surface area contributed by atoms with Gasteiger partial charge in [-0.3, -0.25) is 0 Å². The first-order chi connectivity index (χ1) is 19.3. The number of allylic oxidation sites excluding steroid dienone is 4. The molecule has 0 aromatic heterocycles. The summed E-state index contributed by atoms with van der Waals surface area (Å²) >= 11 is 0. The van der Waals surface area contributed by atoms with Crippen LogP contribution in [0.3, 0.4) is 0 Å². The predicted octanol–water partition coefficient (Wildman–Crippen LogP) is 10.1. The van der Waals surface area contributed by atoms with Crippen molar-refractivity contribution in [2.75, 3.05) is 4.90 Å². The van der Waals surface area contributed by atoms with E-state index < -0.39 is 10.0 Å². The SMILES string of the molecule is Cc1ccc(S(C2=C3c4ccccc4N(C4=CCCC=C4)C3CC=C2)(c2ccccc2)c2ccccc2)cc1. The summed E-state index contributed by atoms with van der Waals surface area (Å²) in [7, 11) is -1.77. The molecule has 0 radical (unpaired) electrons. The summed E-state index contributed by atoms with van der Waals surface area (Å²) in [6.45, 7) is 2.18. The van der Waals surface area contributed by atoms with E-state index in [1.54, 1.807) is 0 Å². The van der Waals surface area contributed by atoms with Crippen LogP contribution in [0.5, 0.6) is 0 Å². The molecule has 1 aliphatic heterocycles. The number of benzene rings is 4. The highest BCUT2D eigenvalue weighted by Crippen LogP contribution is 2.76. The fraction of sp³-hybridized carbons (Fsp3) is 0.135. The molecule has 1 heterocycles. The van der Waals surface area contributed by atoms with Crippen molar-refractivity contribution in [1.29, 1.82) is 0 Å². The Morgan fingerprint density at radius 1 is 0.641 bits per heavy atom. The van der Waals surface area contributed by atoms with Crippen molar-refractivity contribution in [3.63, 3.8) is 0 Å². The van der Waals surface area contributed by atoms with Crippen LogP contribution in [0.4, 0.5) is 5.69 Å². The molecule has 39 heavy (non-hydrogen) atoms. The summed E-state index contributed by atoms with van der Waals surface area (Å²) in [6, 6.07) is 41.1. The van der Waals surface area contributed by atoms with Crippen molar-refractivity contribution in [2.24, 2.45) is 0 Å². The highest BCUT2D eigenvalue weighted by Gasteiger charge is 2.44. The van der Waals surface area contributed by atoms with Crippen molar-refractivity contribution < 1.29 is 0 Å². The first-order valence-electron chi connectivity index (χ1n) is 13.9. The van der Waals surface area contributed by atoms with Gasteiger partial charge in [0.2, 0.25) is 0 Å². The van der Waals surface area contributed by atoms with Crippen LogP contribution in [0.2, 0.25) is 0 Å². The van der Waals surface area contributed by atoms with E-state index in [9.17, 15) is 0 Å². The van der Waals surface area contributed by atoms with Gasteiger partial charge in [-0.15, -0.1) is 10.0 Å². The van der Waals surface area contributed by atoms with Crippen molar-refractivity contribution in [1.82, 2.24) is 0 Å². The maximum absolute atomic E-state index is 2.61. The Balaban J connectivity index is 1.59. The van der Waals surface area contributed by atoms with Gasteiger partial charge in [-0.2, -0.15) is 0 Å². The topological polar surface area (TPSA) is 3.24 Å². The largest absolute Gasteiger partial charge is 0.333 e. The highest BCUT2D eigenvalue weighted by molar-refractivity contribution is 8.37. The molecule has 3 aliphatic rings. The molecule has 0 N–H and O–H groups in total. The van der Waals surface area contributed by atoms with Crippen LogP contribution in [0.15, 0.2) is 165 Å². The number of aryl methyl sites for hydroxylation is 1. The zero-order valence-electron chi connectivity index (χ0n) is 22.3. The molecule has 4 aromatic rings. The average molecular weight is 524 g/mol. The molecule has 0 saturated carbocycles. The molecule has 0 spiro atoms. The fourth-order valence-electron chi connectivity index (χ4n) is 6.45. The first-order valence-corrected chi connectivity index (χ1v) is 15.6. The molecule has 4 aromatic carbocycles. The van der Waals surface area contributed by atoms with Gasteiger partial charge in [0.05, 0.1) is 6.04 Å². The Labute approximate surface area is 233 Å². The van der Waals surface area contributed by atoms with E-state index in [1.807, 2.05) is 0 Å². The molecular formula is C37H33NS. The second-order valence-electron chi connectivity index (χ2n) is 10.5. The molecule has 2 aliphatic carbocycles. The predicted molar refractivity (Wildman–Crippen MR) is 166 cm³/mol. The van der Waals surface area contributed by atoms with E-state index in [-0.39, 0.29) is 6.04 Å². The van der Waals surface area contributed by atoms with E-state index in [0.717, 1.165) is 19.3 Å². The summed E-state index contributed by atoms with van der Waals surface area (Å²) in [5, 5.41) is 0. The maximum atomic E-state index is 2.61. The molecule has 7 rings (SSSR count). The quantitative estimate of drug-likeness (QED) is 0.251. The van der Waals surface area contributed by atoms with Gasteiger partial charge in [-0.25, -0.2) is 0 Å². The van der Waals surface area contributed by atoms with Gasteiger partial charge >= 0.3 is 0 Å². The minimum atomic E-state index is -1.77. The standard InChI is InChI=1S/C37H33NS/c1-28-24-26-32(27-25-28)39(30-16-7-3-8-17-30,31-18-9-4-10-19-31)36-23-13-22-35-37(36)33-20-11-12-21-34(33)38(35)29-14-5-2-6-15-29/h3-5,7-21,23-27,35H,2,6,22H2,1H3. The molecule has 1 nitrogen and oxygen atoms in total. The third-order valence-corrected chi connectivity index (χ3v) is 12.1. The van der Waals surface area contributed by atoms with Crippen LogP contribution < -0.4 is 4.90 Å². The lowest BCUT2D eigenvalue weighted by atomic mass is 9.95. The Kier molecular flexibility index (Phi) is 6.14. The lowest BCUT2D eigenvalue weighted by molar-refractivity contribution is 0.794. The number of hydrogen-bond acceptors (Lipinski definition) is 1. The smallest absolute Gasteiger partial charge is 0.0643 e. The lowest BCUT2D eigenvalue weighted by Gasteiger charge is -2.45. The summed E-state index contributed by atoms with van der Waals surface area (Å²) in [4.78, 5) is 8.20. The van der Waals surface area contributed by atoms with Crippen LogP contribution in [0, 0.1) is 6.92 Å². The van der Waals surface area contributed by atoms with E-state index in [1.165, 1.54) is 47.7 Å². The van der Waals surface area contributed by atoms with Gasteiger partial charge in [0.25, 0.3) is 0 Å². The summed E-state index contributed by atoms with van der Waals surface area (Å²) in [5.41, 5.74) is 6.80. The minimum Gasteiger partial charge on any atom is -0.333 e. The summed E-state index contributed by atoms with van der Waals surface area (Å²) in [6.07, 6.45) is 15.2. The van der Waals surface area contributed by atoms with Gasteiger partial charge in [0.15, 0.2) is 0 Å². The van der Waals surface area contributed by atoms with Crippen LogP contribution in [0.1, 0.15) is 30.4 Å². The molecule has 0 amide bonds. The van der Waals surface area contributed by atoms with Crippen LogP contribution in [0.25, 0.3) is 5.57 Å². The number of hydrogen-bond donors (Lipinski definition) is 0. The Bertz CT molecular complexity index is 1580. The van der Waals surface area contributed by atoms with Gasteiger partial charge < -0.3 is 4.90 Å². The molecule has 0 saturated heterocycles. The monoisotopic (exact) mass is 523 g/mol. The number of fused-ring (bicyclic) bond motifs is 3. The number of para-hydroxylation sites is 1. The molecule has 192 valence electrons. The van der Waals surface area contributed by atoms with Crippen molar-refractivity contribution in [3.8, 4) is 0 Å². The number of nitrogens with zero attached hydrogens (tertiary/aromatic N) is 1. The van der Waals surface area contributed by atoms with Gasteiger partial charge in [0, 0.05) is 36.5 Å². The first kappa shape index (κ1) is 24.1. The maximum Gasteiger partial charge on any atom is 0.0643 e. The molecule has 0 bridgehead atoms. The van der Waals surface area contributed by atoms with E-state index in [4.69, 9.17) is 0 Å². The van der Waals surface area contributed by atoms with Crippen LogP contribution in [-0.4, -0.2) is 6.04 Å². The zero-order valence-corrected chi connectivity index (χ0v) is 23.1. The Morgan fingerprint density at radius 3 is 1.95 bits per heavy atom. The zero-order chi connectivity index (χ0) is 26.2. The fourth-order valence-corrected chi connectivity index (χ4v) is 10.6. The van der Waals surface area contributed by atoms with Crippen molar-refractivity contribution in [3.05, 3.63) is 161 Å². The Hall–Kier alpha value is -4.01. The third kappa shape index (κ3) is 3.85. The normalized spacial score (nSPS) is 18.5. The van der Waals surface area contributed by atoms with Gasteiger partial charge in [-0.1, -0.05) is 96.6 Å². The van der Waals surface area contributed by atoms with E-state index in [2.05, 4.69) is 151 Å². The lowest BCUT2D eigenvalue weighted by Crippen LogP contribution is -2.32. The Morgan fingerprint density at radius 2 is 1.28 bits per heavy atom.